The first-order valence-corrected chi connectivity index (χ1v) is 7.87. The summed E-state index contributed by atoms with van der Waals surface area (Å²) in [6, 6.07) is 0.292. The van der Waals surface area contributed by atoms with Crippen molar-refractivity contribution in [1.29, 1.82) is 0 Å². The van der Waals surface area contributed by atoms with E-state index in [4.69, 9.17) is 0 Å². The molecule has 0 spiro atoms. The molecular weight excluding hydrogens is 259 g/mol. The van der Waals surface area contributed by atoms with Gasteiger partial charge >= 0.3 is 0 Å². The second-order valence-electron chi connectivity index (χ2n) is 6.91. The summed E-state index contributed by atoms with van der Waals surface area (Å²) in [5.41, 5.74) is 0. The van der Waals surface area contributed by atoms with Crippen molar-refractivity contribution < 1.29 is 14.0 Å². The molecule has 4 rings (SSSR count). The van der Waals surface area contributed by atoms with Crippen LogP contribution in [0.1, 0.15) is 38.5 Å². The average molecular weight is 280 g/mol. The van der Waals surface area contributed by atoms with E-state index < -0.39 is 6.17 Å². The van der Waals surface area contributed by atoms with Gasteiger partial charge in [0.1, 0.15) is 6.17 Å². The summed E-state index contributed by atoms with van der Waals surface area (Å²) in [6.45, 7) is 1.63. The van der Waals surface area contributed by atoms with Crippen molar-refractivity contribution in [3.8, 4) is 0 Å². The third-order valence-corrected chi connectivity index (χ3v) is 5.48. The molecule has 2 atom stereocenters. The van der Waals surface area contributed by atoms with Crippen LogP contribution >= 0.6 is 0 Å². The molecule has 0 N–H and O–H groups in total. The Balaban J connectivity index is 1.44. The number of likely N-dealkylation sites (tertiary alicyclic amines) is 2. The van der Waals surface area contributed by atoms with E-state index in [9.17, 15) is 14.0 Å². The van der Waals surface area contributed by atoms with Gasteiger partial charge in [-0.2, -0.15) is 0 Å². The molecule has 2 aliphatic carbocycles. The highest BCUT2D eigenvalue weighted by atomic mass is 19.1. The lowest BCUT2D eigenvalue weighted by Gasteiger charge is -2.34. The highest BCUT2D eigenvalue weighted by molar-refractivity contribution is 5.85. The molecule has 4 fully saturated rings. The number of alkyl halides is 1. The second kappa shape index (κ2) is 4.43. The molecule has 5 heteroatoms. The number of carbonyl (C=O) groups is 2. The van der Waals surface area contributed by atoms with E-state index in [2.05, 4.69) is 0 Å². The molecule has 0 aromatic carbocycles. The molecule has 2 saturated carbocycles. The SMILES string of the molecule is O=C1C[C@@H]2[C@@H](CCN2C(=O)C2CC(F)C2)N1CC1CC1. The number of fused-ring (bicyclic) bond motifs is 1. The molecule has 0 aromatic heterocycles. The smallest absolute Gasteiger partial charge is 0.226 e. The van der Waals surface area contributed by atoms with E-state index in [0.29, 0.717) is 25.2 Å². The van der Waals surface area contributed by atoms with Crippen molar-refractivity contribution in [3.63, 3.8) is 0 Å². The van der Waals surface area contributed by atoms with Gasteiger partial charge in [-0.1, -0.05) is 0 Å². The zero-order chi connectivity index (χ0) is 13.9. The van der Waals surface area contributed by atoms with Gasteiger partial charge in [-0.05, 0) is 38.0 Å². The Morgan fingerprint density at radius 2 is 1.95 bits per heavy atom. The van der Waals surface area contributed by atoms with E-state index in [0.717, 1.165) is 19.5 Å². The lowest BCUT2D eigenvalue weighted by Crippen LogP contribution is -2.46. The molecule has 4 nitrogen and oxygen atoms in total. The first kappa shape index (κ1) is 12.6. The van der Waals surface area contributed by atoms with Gasteiger partial charge in [0.25, 0.3) is 0 Å². The lowest BCUT2D eigenvalue weighted by molar-refractivity contribution is -0.141. The van der Waals surface area contributed by atoms with Crippen LogP contribution in [0.2, 0.25) is 0 Å². The van der Waals surface area contributed by atoms with E-state index in [1.807, 2.05) is 9.80 Å². The third-order valence-electron chi connectivity index (χ3n) is 5.48. The predicted octanol–water partition coefficient (Wildman–Crippen LogP) is 1.35. The minimum absolute atomic E-state index is 0.0624. The first-order chi connectivity index (χ1) is 9.63. The van der Waals surface area contributed by atoms with Crippen LogP contribution < -0.4 is 0 Å². The number of hydrogen-bond donors (Lipinski definition) is 0. The van der Waals surface area contributed by atoms with Crippen molar-refractivity contribution in [1.82, 2.24) is 9.80 Å². The van der Waals surface area contributed by atoms with Gasteiger partial charge in [-0.25, -0.2) is 4.39 Å². The zero-order valence-corrected chi connectivity index (χ0v) is 11.6. The molecule has 0 radical (unpaired) electrons. The normalized spacial score (nSPS) is 40.0. The number of amides is 2. The maximum Gasteiger partial charge on any atom is 0.226 e. The van der Waals surface area contributed by atoms with Gasteiger partial charge in [0.15, 0.2) is 0 Å². The van der Waals surface area contributed by atoms with Crippen molar-refractivity contribution in [2.24, 2.45) is 11.8 Å². The average Bonchev–Trinajstić information content (AvgIpc) is 3.04. The fourth-order valence-electron chi connectivity index (χ4n) is 4.00. The summed E-state index contributed by atoms with van der Waals surface area (Å²) in [6.07, 6.45) is 3.83. The van der Waals surface area contributed by atoms with Crippen molar-refractivity contribution in [3.05, 3.63) is 0 Å². The molecule has 0 bridgehead atoms. The molecule has 2 aliphatic heterocycles. The van der Waals surface area contributed by atoms with Gasteiger partial charge in [0.2, 0.25) is 11.8 Å². The zero-order valence-electron chi connectivity index (χ0n) is 11.6. The summed E-state index contributed by atoms with van der Waals surface area (Å²) in [4.78, 5) is 28.4. The van der Waals surface area contributed by atoms with E-state index in [1.165, 1.54) is 12.8 Å². The number of carbonyl (C=O) groups excluding carboxylic acids is 2. The fourth-order valence-corrected chi connectivity index (χ4v) is 4.00. The van der Waals surface area contributed by atoms with Crippen LogP contribution in [0.4, 0.5) is 4.39 Å². The number of nitrogens with zero attached hydrogens (tertiary/aromatic N) is 2. The number of halogens is 1. The molecule has 110 valence electrons. The molecule has 20 heavy (non-hydrogen) atoms. The van der Waals surface area contributed by atoms with Crippen molar-refractivity contribution in [2.75, 3.05) is 13.1 Å². The summed E-state index contributed by atoms with van der Waals surface area (Å²) in [5, 5.41) is 0. The van der Waals surface area contributed by atoms with Crippen molar-refractivity contribution >= 4 is 11.8 Å². The van der Waals surface area contributed by atoms with E-state index in [1.54, 1.807) is 0 Å². The Bertz CT molecular complexity index is 445. The van der Waals surface area contributed by atoms with Gasteiger partial charge in [-0.3, -0.25) is 9.59 Å². The Kier molecular flexibility index (Phi) is 2.79. The van der Waals surface area contributed by atoms with E-state index in [-0.39, 0.29) is 29.8 Å². The van der Waals surface area contributed by atoms with Crippen molar-refractivity contribution in [2.45, 2.75) is 56.8 Å². The number of hydrogen-bond acceptors (Lipinski definition) is 2. The van der Waals surface area contributed by atoms with Crippen LogP contribution in [-0.2, 0) is 9.59 Å². The molecular formula is C15H21FN2O2. The second-order valence-corrected chi connectivity index (χ2v) is 6.91. The van der Waals surface area contributed by atoms with Crippen LogP contribution in [-0.4, -0.2) is 53.0 Å². The quantitative estimate of drug-likeness (QED) is 0.783. The summed E-state index contributed by atoms with van der Waals surface area (Å²) < 4.78 is 12.9. The Morgan fingerprint density at radius 3 is 2.60 bits per heavy atom. The standard InChI is InChI=1S/C15H21FN2O2/c16-11-5-10(6-11)15(20)17-4-3-12-13(17)7-14(19)18(12)8-9-1-2-9/h9-13H,1-8H2/t10?,11?,12-,13-/m1/s1. The van der Waals surface area contributed by atoms with Crippen LogP contribution in [0, 0.1) is 11.8 Å². The predicted molar refractivity (Wildman–Crippen MR) is 70.6 cm³/mol. The van der Waals surface area contributed by atoms with Crippen LogP contribution in [0.3, 0.4) is 0 Å². The Hall–Kier alpha value is -1.13. The highest BCUT2D eigenvalue weighted by Gasteiger charge is 2.51. The number of rotatable bonds is 3. The fraction of sp³-hybridized carbons (Fsp3) is 0.867. The molecule has 0 unspecified atom stereocenters. The minimum atomic E-state index is -0.793. The first-order valence-electron chi connectivity index (χ1n) is 7.87. The van der Waals surface area contributed by atoms with Crippen LogP contribution in [0.5, 0.6) is 0 Å². The molecule has 2 heterocycles. The minimum Gasteiger partial charge on any atom is -0.337 e. The van der Waals surface area contributed by atoms with Gasteiger partial charge < -0.3 is 9.80 Å². The Morgan fingerprint density at radius 1 is 1.20 bits per heavy atom. The molecule has 2 amide bonds. The molecule has 2 saturated heterocycles. The summed E-state index contributed by atoms with van der Waals surface area (Å²) in [7, 11) is 0. The molecule has 0 aromatic rings. The van der Waals surface area contributed by atoms with Crippen LogP contribution in [0.15, 0.2) is 0 Å². The Labute approximate surface area is 118 Å². The molecule has 4 aliphatic rings. The maximum absolute atomic E-state index is 12.9. The largest absolute Gasteiger partial charge is 0.337 e. The lowest BCUT2D eigenvalue weighted by atomic mass is 9.82. The van der Waals surface area contributed by atoms with Gasteiger partial charge in [-0.15, -0.1) is 0 Å². The summed E-state index contributed by atoms with van der Waals surface area (Å²) >= 11 is 0. The van der Waals surface area contributed by atoms with Gasteiger partial charge in [0, 0.05) is 25.4 Å². The topological polar surface area (TPSA) is 40.6 Å². The maximum atomic E-state index is 12.9. The highest BCUT2D eigenvalue weighted by Crippen LogP contribution is 2.40. The summed E-state index contributed by atoms with van der Waals surface area (Å²) in [5.74, 6) is 0.867. The van der Waals surface area contributed by atoms with Crippen LogP contribution in [0.25, 0.3) is 0 Å². The van der Waals surface area contributed by atoms with E-state index >= 15 is 0 Å². The monoisotopic (exact) mass is 280 g/mol. The third kappa shape index (κ3) is 1.93. The van der Waals surface area contributed by atoms with Gasteiger partial charge in [0.05, 0.1) is 12.1 Å².